The lowest BCUT2D eigenvalue weighted by molar-refractivity contribution is -0.119. The first-order chi connectivity index (χ1) is 7.49. The van der Waals surface area contributed by atoms with Gasteiger partial charge in [0.1, 0.15) is 5.78 Å². The SMILES string of the molecule is CC(C)CC(=O)CCc1ccc(F)c(F)c1. The molecular formula is C13H16F2O. The molecule has 3 heteroatoms. The van der Waals surface area contributed by atoms with Crippen LogP contribution in [0.15, 0.2) is 18.2 Å². The van der Waals surface area contributed by atoms with Gasteiger partial charge in [0, 0.05) is 12.8 Å². The molecular weight excluding hydrogens is 210 g/mol. The fraction of sp³-hybridized carbons (Fsp3) is 0.462. The average molecular weight is 226 g/mol. The Morgan fingerprint density at radius 3 is 2.50 bits per heavy atom. The summed E-state index contributed by atoms with van der Waals surface area (Å²) in [6.07, 6.45) is 1.41. The van der Waals surface area contributed by atoms with Crippen LogP contribution in [0.2, 0.25) is 0 Å². The van der Waals surface area contributed by atoms with Gasteiger partial charge in [0.15, 0.2) is 11.6 Å². The predicted octanol–water partition coefficient (Wildman–Crippen LogP) is 3.51. The Kier molecular flexibility index (Phi) is 4.59. The third-order valence-corrected chi connectivity index (χ3v) is 2.31. The molecule has 1 nitrogen and oxygen atoms in total. The number of Topliss-reactive ketones (excluding diaryl/α,β-unsaturated/α-hetero) is 1. The number of hydrogen-bond donors (Lipinski definition) is 0. The number of benzene rings is 1. The summed E-state index contributed by atoms with van der Waals surface area (Å²) < 4.78 is 25.5. The minimum atomic E-state index is -0.853. The summed E-state index contributed by atoms with van der Waals surface area (Å²) in [7, 11) is 0. The van der Waals surface area contributed by atoms with Gasteiger partial charge in [-0.3, -0.25) is 4.79 Å². The summed E-state index contributed by atoms with van der Waals surface area (Å²) >= 11 is 0. The maximum Gasteiger partial charge on any atom is 0.159 e. The van der Waals surface area contributed by atoms with Gasteiger partial charge in [-0.25, -0.2) is 8.78 Å². The third kappa shape index (κ3) is 4.09. The molecule has 0 spiro atoms. The lowest BCUT2D eigenvalue weighted by Crippen LogP contribution is -2.04. The molecule has 0 fully saturated rings. The van der Waals surface area contributed by atoms with E-state index in [4.69, 9.17) is 0 Å². The van der Waals surface area contributed by atoms with Crippen LogP contribution in [0, 0.1) is 17.6 Å². The third-order valence-electron chi connectivity index (χ3n) is 2.31. The van der Waals surface area contributed by atoms with Gasteiger partial charge in [-0.15, -0.1) is 0 Å². The molecule has 1 aromatic carbocycles. The van der Waals surface area contributed by atoms with Gasteiger partial charge in [0.2, 0.25) is 0 Å². The van der Waals surface area contributed by atoms with Crippen molar-refractivity contribution < 1.29 is 13.6 Å². The molecule has 0 aromatic heterocycles. The summed E-state index contributed by atoms with van der Waals surface area (Å²) in [6.45, 7) is 3.96. The van der Waals surface area contributed by atoms with Gasteiger partial charge in [-0.1, -0.05) is 19.9 Å². The molecule has 0 radical (unpaired) electrons. The van der Waals surface area contributed by atoms with Crippen molar-refractivity contribution in [2.24, 2.45) is 5.92 Å². The van der Waals surface area contributed by atoms with Crippen LogP contribution in [0.3, 0.4) is 0 Å². The van der Waals surface area contributed by atoms with Crippen LogP contribution < -0.4 is 0 Å². The van der Waals surface area contributed by atoms with Crippen molar-refractivity contribution in [1.82, 2.24) is 0 Å². The fourth-order valence-corrected chi connectivity index (χ4v) is 1.54. The number of hydrogen-bond acceptors (Lipinski definition) is 1. The van der Waals surface area contributed by atoms with Gasteiger partial charge < -0.3 is 0 Å². The second-order valence-corrected chi connectivity index (χ2v) is 4.39. The normalized spacial score (nSPS) is 10.8. The zero-order chi connectivity index (χ0) is 12.1. The largest absolute Gasteiger partial charge is 0.300 e. The molecule has 0 saturated carbocycles. The maximum atomic E-state index is 12.9. The first-order valence-corrected chi connectivity index (χ1v) is 5.44. The predicted molar refractivity (Wildman–Crippen MR) is 59.1 cm³/mol. The van der Waals surface area contributed by atoms with Crippen LogP contribution in [0.5, 0.6) is 0 Å². The van der Waals surface area contributed by atoms with E-state index in [1.165, 1.54) is 6.07 Å². The number of halogens is 2. The van der Waals surface area contributed by atoms with Crippen molar-refractivity contribution in [3.8, 4) is 0 Å². The highest BCUT2D eigenvalue weighted by Crippen LogP contribution is 2.12. The Bertz CT molecular complexity index is 372. The molecule has 0 aliphatic rings. The molecule has 1 rings (SSSR count). The van der Waals surface area contributed by atoms with Crippen LogP contribution in [-0.2, 0) is 11.2 Å². The minimum Gasteiger partial charge on any atom is -0.300 e. The van der Waals surface area contributed by atoms with Crippen molar-refractivity contribution in [2.75, 3.05) is 0 Å². The standard InChI is InChI=1S/C13H16F2O/c1-9(2)7-11(16)5-3-10-4-6-12(14)13(15)8-10/h4,6,8-9H,3,5,7H2,1-2H3. The lowest BCUT2D eigenvalue weighted by Gasteiger charge is -2.04. The van der Waals surface area contributed by atoms with Crippen molar-refractivity contribution in [3.05, 3.63) is 35.4 Å². The molecule has 0 unspecified atom stereocenters. The van der Waals surface area contributed by atoms with E-state index < -0.39 is 11.6 Å². The molecule has 0 saturated heterocycles. The van der Waals surface area contributed by atoms with E-state index >= 15 is 0 Å². The summed E-state index contributed by atoms with van der Waals surface area (Å²) in [5.74, 6) is -1.19. The highest BCUT2D eigenvalue weighted by molar-refractivity contribution is 5.78. The molecule has 16 heavy (non-hydrogen) atoms. The molecule has 0 amide bonds. The van der Waals surface area contributed by atoms with E-state index in [0.29, 0.717) is 30.7 Å². The van der Waals surface area contributed by atoms with Crippen LogP contribution in [0.1, 0.15) is 32.3 Å². The van der Waals surface area contributed by atoms with Gasteiger partial charge in [0.25, 0.3) is 0 Å². The number of carbonyl (C=O) groups excluding carboxylic acids is 1. The summed E-state index contributed by atoms with van der Waals surface area (Å²) in [4.78, 5) is 11.4. The molecule has 88 valence electrons. The van der Waals surface area contributed by atoms with Crippen molar-refractivity contribution in [2.45, 2.75) is 33.1 Å². The summed E-state index contributed by atoms with van der Waals surface area (Å²) in [5, 5.41) is 0. The van der Waals surface area contributed by atoms with Gasteiger partial charge >= 0.3 is 0 Å². The van der Waals surface area contributed by atoms with Gasteiger partial charge in [-0.2, -0.15) is 0 Å². The first-order valence-electron chi connectivity index (χ1n) is 5.44. The number of carbonyl (C=O) groups is 1. The lowest BCUT2D eigenvalue weighted by atomic mass is 10.0. The first kappa shape index (κ1) is 12.8. The molecule has 1 aromatic rings. The van der Waals surface area contributed by atoms with Crippen molar-refractivity contribution >= 4 is 5.78 Å². The highest BCUT2D eigenvalue weighted by Gasteiger charge is 2.07. The number of rotatable bonds is 5. The maximum absolute atomic E-state index is 12.9. The summed E-state index contributed by atoms with van der Waals surface area (Å²) in [6, 6.07) is 3.76. The zero-order valence-corrected chi connectivity index (χ0v) is 9.59. The zero-order valence-electron chi connectivity index (χ0n) is 9.59. The van der Waals surface area contributed by atoms with Crippen LogP contribution in [0.25, 0.3) is 0 Å². The van der Waals surface area contributed by atoms with Crippen LogP contribution in [-0.4, -0.2) is 5.78 Å². The molecule has 0 aliphatic heterocycles. The quantitative estimate of drug-likeness (QED) is 0.750. The Labute approximate surface area is 94.5 Å². The fourth-order valence-electron chi connectivity index (χ4n) is 1.54. The van der Waals surface area contributed by atoms with Gasteiger partial charge in [0.05, 0.1) is 0 Å². The Balaban J connectivity index is 2.48. The minimum absolute atomic E-state index is 0.166. The molecule has 0 atom stereocenters. The van der Waals surface area contributed by atoms with E-state index in [-0.39, 0.29) is 5.78 Å². The van der Waals surface area contributed by atoms with Crippen molar-refractivity contribution in [3.63, 3.8) is 0 Å². The smallest absolute Gasteiger partial charge is 0.159 e. The molecule has 0 heterocycles. The van der Waals surface area contributed by atoms with Crippen LogP contribution >= 0.6 is 0 Å². The molecule has 0 aliphatic carbocycles. The van der Waals surface area contributed by atoms with Crippen LogP contribution in [0.4, 0.5) is 8.78 Å². The monoisotopic (exact) mass is 226 g/mol. The number of ketones is 1. The molecule has 0 bridgehead atoms. The highest BCUT2D eigenvalue weighted by atomic mass is 19.2. The van der Waals surface area contributed by atoms with Gasteiger partial charge in [-0.05, 0) is 30.0 Å². The second kappa shape index (κ2) is 5.73. The van der Waals surface area contributed by atoms with E-state index in [2.05, 4.69) is 0 Å². The summed E-state index contributed by atoms with van der Waals surface area (Å²) in [5.41, 5.74) is 0.663. The van der Waals surface area contributed by atoms with Crippen molar-refractivity contribution in [1.29, 1.82) is 0 Å². The second-order valence-electron chi connectivity index (χ2n) is 4.39. The topological polar surface area (TPSA) is 17.1 Å². The van der Waals surface area contributed by atoms with E-state index in [1.807, 2.05) is 13.8 Å². The number of aryl methyl sites for hydroxylation is 1. The molecule has 0 N–H and O–H groups in total. The average Bonchev–Trinajstić information content (AvgIpc) is 2.19. The Morgan fingerprint density at radius 1 is 1.25 bits per heavy atom. The Morgan fingerprint density at radius 2 is 1.94 bits per heavy atom. The van der Waals surface area contributed by atoms with E-state index in [0.717, 1.165) is 12.1 Å². The van der Waals surface area contributed by atoms with E-state index in [1.54, 1.807) is 0 Å². The van der Waals surface area contributed by atoms with E-state index in [9.17, 15) is 13.6 Å². The Hall–Kier alpha value is -1.25.